The number of rotatable bonds is 4. The van der Waals surface area contributed by atoms with Crippen molar-refractivity contribution in [3.8, 4) is 5.75 Å². The summed E-state index contributed by atoms with van der Waals surface area (Å²) in [4.78, 5) is 4.90. The zero-order valence-corrected chi connectivity index (χ0v) is 17.8. The summed E-state index contributed by atoms with van der Waals surface area (Å²) in [5, 5.41) is 3.67. The molecular weight excluding hydrogens is 426 g/mol. The molecule has 0 spiro atoms. The van der Waals surface area contributed by atoms with Gasteiger partial charge < -0.3 is 14.6 Å². The molecule has 1 N–H and O–H groups in total. The van der Waals surface area contributed by atoms with Gasteiger partial charge in [0.25, 0.3) is 0 Å². The van der Waals surface area contributed by atoms with Crippen LogP contribution in [-0.4, -0.2) is 16.2 Å². The summed E-state index contributed by atoms with van der Waals surface area (Å²) in [6.07, 6.45) is 0.916. The first-order valence-corrected chi connectivity index (χ1v) is 10.7. The lowest BCUT2D eigenvalue weighted by Gasteiger charge is -2.34. The Labute approximate surface area is 178 Å². The molecule has 4 aromatic rings. The smallest absolute Gasteiger partial charge is 0.204 e. The zero-order valence-electron chi connectivity index (χ0n) is 16.2. The molecule has 0 radical (unpaired) electrons. The van der Waals surface area contributed by atoms with Crippen molar-refractivity contribution in [1.82, 2.24) is 9.55 Å². The largest absolute Gasteiger partial charge is 0.494 e. The summed E-state index contributed by atoms with van der Waals surface area (Å²) >= 11 is 3.54. The molecule has 0 saturated carbocycles. The molecule has 2 heterocycles. The van der Waals surface area contributed by atoms with Gasteiger partial charge in [-0.05, 0) is 49.2 Å². The number of para-hydroxylation sites is 3. The number of anilines is 1. The topological polar surface area (TPSA) is 39.1 Å². The number of aromatic nitrogens is 2. The Morgan fingerprint density at radius 2 is 1.79 bits per heavy atom. The van der Waals surface area contributed by atoms with Crippen LogP contribution in [0.25, 0.3) is 11.0 Å². The van der Waals surface area contributed by atoms with E-state index in [1.807, 2.05) is 19.1 Å². The average molecular weight is 448 g/mol. The maximum atomic E-state index is 5.99. The Balaban J connectivity index is 1.67. The number of hydrogen-bond acceptors (Lipinski definition) is 3. The van der Waals surface area contributed by atoms with Gasteiger partial charge in [0, 0.05) is 10.0 Å². The number of hydrogen-bond donors (Lipinski definition) is 1. The highest BCUT2D eigenvalue weighted by Gasteiger charge is 2.32. The summed E-state index contributed by atoms with van der Waals surface area (Å²) in [5.41, 5.74) is 4.60. The minimum Gasteiger partial charge on any atom is -0.494 e. The van der Waals surface area contributed by atoms with Crippen molar-refractivity contribution >= 4 is 32.9 Å². The van der Waals surface area contributed by atoms with Crippen LogP contribution in [0.3, 0.4) is 0 Å². The van der Waals surface area contributed by atoms with Crippen LogP contribution < -0.4 is 10.1 Å². The molecule has 3 aromatic carbocycles. The third kappa shape index (κ3) is 3.29. The van der Waals surface area contributed by atoms with Crippen molar-refractivity contribution in [3.63, 3.8) is 0 Å². The number of fused-ring (bicyclic) bond motifs is 3. The zero-order chi connectivity index (χ0) is 19.8. The number of nitrogens with one attached hydrogen (secondary N) is 1. The van der Waals surface area contributed by atoms with Gasteiger partial charge in [0.1, 0.15) is 5.75 Å². The fourth-order valence-electron chi connectivity index (χ4n) is 4.23. The highest BCUT2D eigenvalue weighted by Crippen LogP contribution is 2.43. The Kier molecular flexibility index (Phi) is 4.76. The molecule has 0 fully saturated rings. The molecule has 1 aromatic heterocycles. The highest BCUT2D eigenvalue weighted by molar-refractivity contribution is 9.10. The van der Waals surface area contributed by atoms with E-state index in [2.05, 4.69) is 86.5 Å². The Morgan fingerprint density at radius 1 is 1.03 bits per heavy atom. The molecule has 0 unspecified atom stereocenters. The normalized spacial score (nSPS) is 18.3. The molecule has 0 bridgehead atoms. The predicted octanol–water partition coefficient (Wildman–Crippen LogP) is 6.34. The minimum atomic E-state index is 0.134. The van der Waals surface area contributed by atoms with Crippen LogP contribution in [0.15, 0.2) is 77.3 Å². The SMILES string of the molecule is CCOc1ccccc1[C@H]1C[C@H](c2ccc(Br)cc2)Nc2nc3ccccc3n21. The van der Waals surface area contributed by atoms with Crippen LogP contribution in [0, 0.1) is 0 Å². The van der Waals surface area contributed by atoms with Gasteiger partial charge in [-0.2, -0.15) is 0 Å². The van der Waals surface area contributed by atoms with Crippen LogP contribution >= 0.6 is 15.9 Å². The van der Waals surface area contributed by atoms with Crippen molar-refractivity contribution in [1.29, 1.82) is 0 Å². The molecular formula is C24H22BrN3O. The van der Waals surface area contributed by atoms with Crippen LogP contribution in [-0.2, 0) is 0 Å². The van der Waals surface area contributed by atoms with Crippen LogP contribution in [0.2, 0.25) is 0 Å². The maximum Gasteiger partial charge on any atom is 0.204 e. The Morgan fingerprint density at radius 3 is 2.62 bits per heavy atom. The van der Waals surface area contributed by atoms with E-state index in [1.165, 1.54) is 11.1 Å². The van der Waals surface area contributed by atoms with E-state index in [9.17, 15) is 0 Å². The van der Waals surface area contributed by atoms with Gasteiger partial charge in [0.15, 0.2) is 0 Å². The molecule has 5 heteroatoms. The second kappa shape index (κ2) is 7.56. The lowest BCUT2D eigenvalue weighted by molar-refractivity contribution is 0.329. The van der Waals surface area contributed by atoms with Crippen LogP contribution in [0.4, 0.5) is 5.95 Å². The standard InChI is InChI=1S/C24H22BrN3O/c1-2-29-23-10-6-3-7-18(23)22-15-20(16-11-13-17(25)14-12-16)27-24-26-19-8-4-5-9-21(19)28(22)24/h3-14,20,22H,2,15H2,1H3,(H,26,27)/t20-,22-/m1/s1. The monoisotopic (exact) mass is 447 g/mol. The molecule has 5 rings (SSSR count). The van der Waals surface area contributed by atoms with Crippen LogP contribution in [0.1, 0.15) is 36.6 Å². The highest BCUT2D eigenvalue weighted by atomic mass is 79.9. The van der Waals surface area contributed by atoms with E-state index in [1.54, 1.807) is 0 Å². The molecule has 29 heavy (non-hydrogen) atoms. The van der Waals surface area contributed by atoms with Gasteiger partial charge >= 0.3 is 0 Å². The molecule has 0 amide bonds. The summed E-state index contributed by atoms with van der Waals surface area (Å²) < 4.78 is 9.40. The van der Waals surface area contributed by atoms with Crippen molar-refractivity contribution in [2.24, 2.45) is 0 Å². The third-order valence-electron chi connectivity index (χ3n) is 5.52. The van der Waals surface area contributed by atoms with Crippen molar-refractivity contribution in [2.45, 2.75) is 25.4 Å². The summed E-state index contributed by atoms with van der Waals surface area (Å²) in [7, 11) is 0. The molecule has 1 aliphatic rings. The number of nitrogens with zero attached hydrogens (tertiary/aromatic N) is 2. The van der Waals surface area contributed by atoms with E-state index in [0.717, 1.165) is 33.6 Å². The molecule has 1 aliphatic heterocycles. The van der Waals surface area contributed by atoms with Gasteiger partial charge in [0.2, 0.25) is 5.95 Å². The van der Waals surface area contributed by atoms with Gasteiger partial charge in [-0.1, -0.05) is 58.4 Å². The van der Waals surface area contributed by atoms with Gasteiger partial charge in [-0.25, -0.2) is 4.98 Å². The first-order chi connectivity index (χ1) is 14.2. The molecule has 0 aliphatic carbocycles. The number of benzene rings is 3. The molecule has 2 atom stereocenters. The van der Waals surface area contributed by atoms with E-state index in [0.29, 0.717) is 6.61 Å². The van der Waals surface area contributed by atoms with Crippen LogP contribution in [0.5, 0.6) is 5.75 Å². The molecule has 146 valence electrons. The quantitative estimate of drug-likeness (QED) is 0.396. The summed E-state index contributed by atoms with van der Waals surface area (Å²) in [6, 6.07) is 25.5. The van der Waals surface area contributed by atoms with Crippen molar-refractivity contribution in [2.75, 3.05) is 11.9 Å². The second-order valence-electron chi connectivity index (χ2n) is 7.26. The number of halogens is 1. The summed E-state index contributed by atoms with van der Waals surface area (Å²) in [6.45, 7) is 2.68. The lowest BCUT2D eigenvalue weighted by Crippen LogP contribution is -2.27. The first kappa shape index (κ1) is 18.3. The molecule has 4 nitrogen and oxygen atoms in total. The van der Waals surface area contributed by atoms with Crippen molar-refractivity contribution < 1.29 is 4.74 Å². The fourth-order valence-corrected chi connectivity index (χ4v) is 4.49. The van der Waals surface area contributed by atoms with Crippen molar-refractivity contribution in [3.05, 3.63) is 88.4 Å². The van der Waals surface area contributed by atoms with Gasteiger partial charge in [-0.3, -0.25) is 0 Å². The minimum absolute atomic E-state index is 0.134. The second-order valence-corrected chi connectivity index (χ2v) is 8.18. The van der Waals surface area contributed by atoms with E-state index < -0.39 is 0 Å². The fraction of sp³-hybridized carbons (Fsp3) is 0.208. The third-order valence-corrected chi connectivity index (χ3v) is 6.05. The Bertz CT molecular complexity index is 1150. The van der Waals surface area contributed by atoms with E-state index in [4.69, 9.17) is 9.72 Å². The van der Waals surface area contributed by atoms with Gasteiger partial charge in [-0.15, -0.1) is 0 Å². The summed E-state index contributed by atoms with van der Waals surface area (Å²) in [5.74, 6) is 1.85. The lowest BCUT2D eigenvalue weighted by atomic mass is 9.92. The maximum absolute atomic E-state index is 5.99. The Hall–Kier alpha value is -2.79. The van der Waals surface area contributed by atoms with Gasteiger partial charge in [0.05, 0.1) is 29.7 Å². The average Bonchev–Trinajstić information content (AvgIpc) is 3.13. The predicted molar refractivity (Wildman–Crippen MR) is 121 cm³/mol. The number of ether oxygens (including phenoxy) is 1. The molecule has 0 saturated heterocycles. The number of imidazole rings is 1. The first-order valence-electron chi connectivity index (χ1n) is 9.95. The van der Waals surface area contributed by atoms with E-state index >= 15 is 0 Å². The van der Waals surface area contributed by atoms with E-state index in [-0.39, 0.29) is 12.1 Å².